The summed E-state index contributed by atoms with van der Waals surface area (Å²) >= 11 is 0. The highest BCUT2D eigenvalue weighted by molar-refractivity contribution is 6.76. The number of rotatable bonds is 9. The minimum absolute atomic E-state index is 0.0209. The number of aryl methyl sites for hydroxylation is 1. The first kappa shape index (κ1) is 25.1. The molecule has 0 bridgehead atoms. The summed E-state index contributed by atoms with van der Waals surface area (Å²) in [6.45, 7) is 10.2. The Morgan fingerprint density at radius 1 is 1.17 bits per heavy atom. The summed E-state index contributed by atoms with van der Waals surface area (Å²) in [6.07, 6.45) is 6.89. The summed E-state index contributed by atoms with van der Waals surface area (Å²) in [5.41, 5.74) is 2.50. The molecule has 4 rings (SSSR count). The number of halogens is 1. The zero-order chi connectivity index (χ0) is 25.0. The zero-order valence-electron chi connectivity index (χ0n) is 20.7. The normalized spacial score (nSPS) is 16.7. The number of pyridine rings is 1. The molecular weight excluding hydrogens is 465 g/mol. The Morgan fingerprint density at radius 3 is 2.69 bits per heavy atom. The van der Waals surface area contributed by atoms with Crippen LogP contribution < -0.4 is 4.90 Å². The molecule has 1 aliphatic rings. The number of carbonyl (C=O) groups excluding carboxylic acids is 1. The molecule has 0 spiro atoms. The van der Waals surface area contributed by atoms with Gasteiger partial charge in [0.05, 0.1) is 12.4 Å². The Labute approximate surface area is 205 Å². The highest BCUT2D eigenvalue weighted by Gasteiger charge is 2.33. The molecule has 0 unspecified atom stereocenters. The molecule has 1 aliphatic heterocycles. The van der Waals surface area contributed by atoms with Gasteiger partial charge in [0.15, 0.2) is 5.82 Å². The summed E-state index contributed by atoms with van der Waals surface area (Å²) in [7, 11) is -1.24. The monoisotopic (exact) mass is 497 g/mol. The van der Waals surface area contributed by atoms with Crippen molar-refractivity contribution in [3.05, 3.63) is 47.8 Å². The third-order valence-electron chi connectivity index (χ3n) is 6.09. The fourth-order valence-electron chi connectivity index (χ4n) is 4.03. The van der Waals surface area contributed by atoms with Gasteiger partial charge in [-0.1, -0.05) is 25.7 Å². The van der Waals surface area contributed by atoms with Gasteiger partial charge in [0.1, 0.15) is 6.73 Å². The molecule has 9 nitrogen and oxygen atoms in total. The van der Waals surface area contributed by atoms with E-state index in [0.717, 1.165) is 35.6 Å². The van der Waals surface area contributed by atoms with Crippen molar-refractivity contribution in [2.24, 2.45) is 5.92 Å². The van der Waals surface area contributed by atoms with Crippen LogP contribution in [-0.4, -0.2) is 57.1 Å². The van der Waals surface area contributed by atoms with E-state index >= 15 is 0 Å². The van der Waals surface area contributed by atoms with Gasteiger partial charge in [0.2, 0.25) is 17.8 Å². The number of aromatic nitrogens is 6. The second kappa shape index (κ2) is 10.7. The van der Waals surface area contributed by atoms with Crippen molar-refractivity contribution in [1.29, 1.82) is 0 Å². The van der Waals surface area contributed by atoms with Crippen molar-refractivity contribution in [1.82, 2.24) is 29.9 Å². The van der Waals surface area contributed by atoms with Crippen molar-refractivity contribution >= 4 is 19.9 Å². The molecule has 35 heavy (non-hydrogen) atoms. The van der Waals surface area contributed by atoms with E-state index in [2.05, 4.69) is 39.9 Å². The van der Waals surface area contributed by atoms with E-state index in [1.807, 2.05) is 6.92 Å². The van der Waals surface area contributed by atoms with Gasteiger partial charge < -0.3 is 4.74 Å². The second-order valence-electron chi connectivity index (χ2n) is 10.2. The van der Waals surface area contributed by atoms with Crippen LogP contribution in [0.3, 0.4) is 0 Å². The number of nitrogens with zero attached hydrogens (tertiary/aromatic N) is 7. The number of hydrogen-bond acceptors (Lipinski definition) is 7. The molecule has 0 saturated carbocycles. The summed E-state index contributed by atoms with van der Waals surface area (Å²) in [6, 6.07) is 4.04. The van der Waals surface area contributed by atoms with Crippen molar-refractivity contribution < 1.29 is 13.9 Å². The number of piperidine rings is 1. The van der Waals surface area contributed by atoms with Crippen molar-refractivity contribution in [2.45, 2.75) is 58.6 Å². The van der Waals surface area contributed by atoms with Crippen LogP contribution in [0.1, 0.15) is 24.0 Å². The van der Waals surface area contributed by atoms with Gasteiger partial charge in [0.25, 0.3) is 0 Å². The Balaban J connectivity index is 1.58. The second-order valence-corrected chi connectivity index (χ2v) is 15.8. The van der Waals surface area contributed by atoms with Gasteiger partial charge in [-0.05, 0) is 49.4 Å². The minimum atomic E-state index is -1.24. The lowest BCUT2D eigenvalue weighted by molar-refractivity contribution is -0.123. The third kappa shape index (κ3) is 6.34. The summed E-state index contributed by atoms with van der Waals surface area (Å²) < 4.78 is 20.8. The van der Waals surface area contributed by atoms with Gasteiger partial charge in [-0.15, -0.1) is 5.10 Å². The van der Waals surface area contributed by atoms with Gasteiger partial charge in [-0.2, -0.15) is 19.6 Å². The number of carbonyl (C=O) groups is 1. The Bertz CT molecular complexity index is 1160. The number of anilines is 1. The number of ether oxygens (including phenoxy) is 1. The SMILES string of the molecule is Cc1cnncc1-c1nc(N2CCC[C@H](Cc3ccc(F)nc3)C2=O)n(COCC[Si](C)(C)C)n1. The van der Waals surface area contributed by atoms with Crippen LogP contribution in [0, 0.1) is 18.8 Å². The number of amides is 1. The molecule has 186 valence electrons. The van der Waals surface area contributed by atoms with Crippen molar-refractivity contribution in [2.75, 3.05) is 18.1 Å². The standard InChI is InChI=1S/C24H32FN7O2Si/c1-17-13-27-28-15-20(17)22-29-24(32(30-22)16-34-10-11-35(2,3)4)31-9-5-6-19(23(31)33)12-18-7-8-21(25)26-14-18/h7-8,13-15,19H,5-6,9-12,16H2,1-4H3/t19-/m1/s1. The van der Waals surface area contributed by atoms with E-state index in [4.69, 9.17) is 9.72 Å². The van der Waals surface area contributed by atoms with E-state index in [1.165, 1.54) is 12.3 Å². The maximum atomic E-state index is 13.5. The van der Waals surface area contributed by atoms with E-state index in [1.54, 1.807) is 28.0 Å². The fourth-order valence-corrected chi connectivity index (χ4v) is 4.79. The Morgan fingerprint density at radius 2 is 1.97 bits per heavy atom. The lowest BCUT2D eigenvalue weighted by Crippen LogP contribution is -2.43. The topological polar surface area (TPSA) is 98.9 Å². The Kier molecular flexibility index (Phi) is 7.65. The minimum Gasteiger partial charge on any atom is -0.359 e. The molecule has 11 heteroatoms. The molecule has 1 fully saturated rings. The van der Waals surface area contributed by atoms with E-state index in [-0.39, 0.29) is 18.6 Å². The Hall–Kier alpha value is -3.05. The van der Waals surface area contributed by atoms with E-state index < -0.39 is 14.0 Å². The van der Waals surface area contributed by atoms with Crippen LogP contribution in [0.25, 0.3) is 11.4 Å². The lowest BCUT2D eigenvalue weighted by atomic mass is 9.91. The van der Waals surface area contributed by atoms with Gasteiger partial charge in [-0.25, -0.2) is 9.67 Å². The van der Waals surface area contributed by atoms with Gasteiger partial charge >= 0.3 is 0 Å². The van der Waals surface area contributed by atoms with Crippen LogP contribution in [0.2, 0.25) is 25.7 Å². The first-order valence-corrected chi connectivity index (χ1v) is 15.6. The largest absolute Gasteiger partial charge is 0.359 e. The van der Waals surface area contributed by atoms with Gasteiger partial charge in [-0.3, -0.25) is 9.69 Å². The smallest absolute Gasteiger partial charge is 0.233 e. The fraction of sp³-hybridized carbons (Fsp3) is 0.500. The van der Waals surface area contributed by atoms with Gasteiger partial charge in [0, 0.05) is 38.9 Å². The third-order valence-corrected chi connectivity index (χ3v) is 7.80. The predicted molar refractivity (Wildman–Crippen MR) is 133 cm³/mol. The molecule has 0 aliphatic carbocycles. The molecule has 1 saturated heterocycles. The lowest BCUT2D eigenvalue weighted by Gasteiger charge is -2.31. The average Bonchev–Trinajstić information content (AvgIpc) is 3.23. The van der Waals surface area contributed by atoms with Crippen LogP contribution in [0.15, 0.2) is 30.7 Å². The van der Waals surface area contributed by atoms with Crippen LogP contribution in [0.4, 0.5) is 10.3 Å². The highest BCUT2D eigenvalue weighted by atomic mass is 28.3. The molecule has 0 N–H and O–H groups in total. The molecule has 1 amide bonds. The molecule has 4 heterocycles. The average molecular weight is 498 g/mol. The molecule has 1 atom stereocenters. The molecule has 3 aromatic rings. The maximum Gasteiger partial charge on any atom is 0.233 e. The van der Waals surface area contributed by atoms with Crippen molar-refractivity contribution in [3.63, 3.8) is 0 Å². The molecule has 0 radical (unpaired) electrons. The van der Waals surface area contributed by atoms with Crippen LogP contribution >= 0.6 is 0 Å². The molecular formula is C24H32FN7O2Si. The van der Waals surface area contributed by atoms with E-state index in [9.17, 15) is 9.18 Å². The summed E-state index contributed by atoms with van der Waals surface area (Å²) in [5, 5.41) is 12.6. The highest BCUT2D eigenvalue weighted by Crippen LogP contribution is 2.28. The van der Waals surface area contributed by atoms with Crippen LogP contribution in [0.5, 0.6) is 0 Å². The van der Waals surface area contributed by atoms with E-state index in [0.29, 0.717) is 31.3 Å². The number of hydrogen-bond donors (Lipinski definition) is 0. The first-order chi connectivity index (χ1) is 16.7. The molecule has 0 aromatic carbocycles. The summed E-state index contributed by atoms with van der Waals surface area (Å²) in [5.74, 6) is 0.171. The molecule has 3 aromatic heterocycles. The van der Waals surface area contributed by atoms with Crippen LogP contribution in [-0.2, 0) is 22.7 Å². The first-order valence-electron chi connectivity index (χ1n) is 11.9. The predicted octanol–water partition coefficient (Wildman–Crippen LogP) is 3.88. The maximum absolute atomic E-state index is 13.5. The van der Waals surface area contributed by atoms with Crippen molar-refractivity contribution in [3.8, 4) is 11.4 Å². The quantitative estimate of drug-likeness (QED) is 0.251. The summed E-state index contributed by atoms with van der Waals surface area (Å²) in [4.78, 5) is 23.7. The zero-order valence-corrected chi connectivity index (χ0v) is 21.7.